The summed E-state index contributed by atoms with van der Waals surface area (Å²) in [5, 5.41) is 3.31. The lowest BCUT2D eigenvalue weighted by Crippen LogP contribution is -2.49. The second-order valence-corrected chi connectivity index (χ2v) is 6.04. The van der Waals surface area contributed by atoms with Crippen LogP contribution in [0.5, 0.6) is 0 Å². The van der Waals surface area contributed by atoms with E-state index in [9.17, 15) is 4.79 Å². The molecule has 25 heavy (non-hydrogen) atoms. The topological polar surface area (TPSA) is 74.2 Å². The summed E-state index contributed by atoms with van der Waals surface area (Å²) in [5.41, 5.74) is 1.45. The lowest BCUT2D eigenvalue weighted by molar-refractivity contribution is 0.0740. The summed E-state index contributed by atoms with van der Waals surface area (Å²) in [4.78, 5) is 29.4. The van der Waals surface area contributed by atoms with E-state index in [4.69, 9.17) is 0 Å². The number of nitrogens with zero attached hydrogens (tertiary/aromatic N) is 5. The number of anilines is 2. The van der Waals surface area contributed by atoms with Crippen molar-refractivity contribution in [2.24, 2.45) is 0 Å². The molecule has 1 N–H and O–H groups in total. The van der Waals surface area contributed by atoms with Crippen LogP contribution in [-0.4, -0.2) is 58.5 Å². The molecule has 0 aliphatic carbocycles. The van der Waals surface area contributed by atoms with Gasteiger partial charge in [-0.1, -0.05) is 13.3 Å². The van der Waals surface area contributed by atoms with Crippen molar-refractivity contribution in [1.82, 2.24) is 19.9 Å². The van der Waals surface area contributed by atoms with Crippen molar-refractivity contribution in [3.63, 3.8) is 0 Å². The molecule has 0 unspecified atom stereocenters. The van der Waals surface area contributed by atoms with Crippen molar-refractivity contribution in [2.45, 2.75) is 19.8 Å². The van der Waals surface area contributed by atoms with Crippen molar-refractivity contribution in [2.75, 3.05) is 42.9 Å². The van der Waals surface area contributed by atoms with E-state index in [0.29, 0.717) is 18.8 Å². The smallest absolute Gasteiger partial charge is 0.272 e. The summed E-state index contributed by atoms with van der Waals surface area (Å²) >= 11 is 0. The Kier molecular flexibility index (Phi) is 5.77. The lowest BCUT2D eigenvalue weighted by Gasteiger charge is -2.34. The van der Waals surface area contributed by atoms with Gasteiger partial charge >= 0.3 is 0 Å². The molecule has 132 valence electrons. The average molecular weight is 340 g/mol. The van der Waals surface area contributed by atoms with E-state index >= 15 is 0 Å². The predicted molar refractivity (Wildman–Crippen MR) is 97.8 cm³/mol. The quantitative estimate of drug-likeness (QED) is 0.811. The van der Waals surface area contributed by atoms with Crippen LogP contribution in [-0.2, 0) is 0 Å². The van der Waals surface area contributed by atoms with E-state index in [1.807, 2.05) is 11.0 Å². The number of amides is 1. The van der Waals surface area contributed by atoms with Gasteiger partial charge < -0.3 is 15.1 Å². The van der Waals surface area contributed by atoms with Gasteiger partial charge in [-0.3, -0.25) is 4.79 Å². The minimum Gasteiger partial charge on any atom is -0.384 e. The lowest BCUT2D eigenvalue weighted by atomic mass is 10.2. The van der Waals surface area contributed by atoms with E-state index in [0.717, 1.165) is 44.1 Å². The van der Waals surface area contributed by atoms with Crippen molar-refractivity contribution < 1.29 is 4.79 Å². The number of carbonyl (C=O) groups excluding carboxylic acids is 1. The summed E-state index contributed by atoms with van der Waals surface area (Å²) in [7, 11) is 0. The molecular formula is C18H24N6O. The molecule has 7 nitrogen and oxygen atoms in total. The normalized spacial score (nSPS) is 14.4. The summed E-state index contributed by atoms with van der Waals surface area (Å²) in [6.07, 6.45) is 7.48. The highest BCUT2D eigenvalue weighted by Gasteiger charge is 2.23. The zero-order valence-electron chi connectivity index (χ0n) is 14.6. The van der Waals surface area contributed by atoms with Crippen molar-refractivity contribution in [1.29, 1.82) is 0 Å². The number of carbonyl (C=O) groups is 1. The van der Waals surface area contributed by atoms with E-state index in [1.165, 1.54) is 0 Å². The van der Waals surface area contributed by atoms with Gasteiger partial charge in [0.15, 0.2) is 0 Å². The highest BCUT2D eigenvalue weighted by molar-refractivity contribution is 5.92. The number of hydrogen-bond acceptors (Lipinski definition) is 6. The molecule has 2 aromatic heterocycles. The van der Waals surface area contributed by atoms with E-state index in [2.05, 4.69) is 32.1 Å². The molecule has 2 aromatic rings. The maximum atomic E-state index is 12.6. The fourth-order valence-corrected chi connectivity index (χ4v) is 2.76. The van der Waals surface area contributed by atoms with E-state index in [1.54, 1.807) is 30.7 Å². The third-order valence-corrected chi connectivity index (χ3v) is 4.24. The molecule has 1 fully saturated rings. The SMILES string of the molecule is CCCCNc1ccc(C(=O)N2CCN(c3ncccn3)CC2)nc1. The molecule has 0 bridgehead atoms. The first kappa shape index (κ1) is 17.1. The fourth-order valence-electron chi connectivity index (χ4n) is 2.76. The summed E-state index contributed by atoms with van der Waals surface area (Å²) < 4.78 is 0. The largest absolute Gasteiger partial charge is 0.384 e. The van der Waals surface area contributed by atoms with Crippen molar-refractivity contribution >= 4 is 17.5 Å². The molecule has 7 heteroatoms. The summed E-state index contributed by atoms with van der Waals surface area (Å²) in [5.74, 6) is 0.698. The molecule has 0 spiro atoms. The second kappa shape index (κ2) is 8.41. The Morgan fingerprint density at radius 1 is 1.12 bits per heavy atom. The third-order valence-electron chi connectivity index (χ3n) is 4.24. The Bertz CT molecular complexity index is 668. The first-order chi connectivity index (χ1) is 12.3. The number of pyridine rings is 1. The minimum absolute atomic E-state index is 0.0197. The number of unbranched alkanes of at least 4 members (excludes halogenated alkanes) is 1. The number of piperazine rings is 1. The first-order valence-electron chi connectivity index (χ1n) is 8.79. The fraction of sp³-hybridized carbons (Fsp3) is 0.444. The number of aromatic nitrogens is 3. The summed E-state index contributed by atoms with van der Waals surface area (Å²) in [6, 6.07) is 5.52. The van der Waals surface area contributed by atoms with Gasteiger partial charge in [0, 0.05) is 45.1 Å². The molecule has 3 heterocycles. The average Bonchev–Trinajstić information content (AvgIpc) is 2.69. The minimum atomic E-state index is -0.0197. The van der Waals surface area contributed by atoms with Gasteiger partial charge in [-0.2, -0.15) is 0 Å². The van der Waals surface area contributed by atoms with Crippen LogP contribution >= 0.6 is 0 Å². The van der Waals surface area contributed by atoms with Gasteiger partial charge in [0.25, 0.3) is 5.91 Å². The molecule has 0 atom stereocenters. The Morgan fingerprint density at radius 3 is 2.52 bits per heavy atom. The Labute approximate surface area is 148 Å². The maximum Gasteiger partial charge on any atom is 0.272 e. The van der Waals surface area contributed by atoms with Crippen LogP contribution in [0.15, 0.2) is 36.8 Å². The van der Waals surface area contributed by atoms with Crippen molar-refractivity contribution in [3.8, 4) is 0 Å². The first-order valence-corrected chi connectivity index (χ1v) is 8.79. The van der Waals surface area contributed by atoms with Gasteiger partial charge in [-0.25, -0.2) is 15.0 Å². The Balaban J connectivity index is 1.53. The Hall–Kier alpha value is -2.70. The number of hydrogen-bond donors (Lipinski definition) is 1. The molecule has 0 radical (unpaired) electrons. The van der Waals surface area contributed by atoms with Crippen LogP contribution in [0.3, 0.4) is 0 Å². The molecule has 3 rings (SSSR count). The third kappa shape index (κ3) is 4.43. The monoisotopic (exact) mass is 340 g/mol. The van der Waals surface area contributed by atoms with Crippen LogP contribution in [0.25, 0.3) is 0 Å². The van der Waals surface area contributed by atoms with Crippen LogP contribution in [0.1, 0.15) is 30.3 Å². The highest BCUT2D eigenvalue weighted by Crippen LogP contribution is 2.13. The van der Waals surface area contributed by atoms with Crippen LogP contribution < -0.4 is 10.2 Å². The van der Waals surface area contributed by atoms with Gasteiger partial charge in [-0.05, 0) is 24.6 Å². The number of rotatable bonds is 6. The zero-order chi connectivity index (χ0) is 17.5. The number of nitrogens with one attached hydrogen (secondary N) is 1. The standard InChI is InChI=1S/C18H24N6O/c1-2-3-7-19-15-5-6-16(22-14-15)17(25)23-10-12-24(13-11-23)18-20-8-4-9-21-18/h4-6,8-9,14,19H,2-3,7,10-13H2,1H3. The van der Waals surface area contributed by atoms with E-state index in [-0.39, 0.29) is 5.91 Å². The van der Waals surface area contributed by atoms with Gasteiger partial charge in [-0.15, -0.1) is 0 Å². The van der Waals surface area contributed by atoms with Crippen LogP contribution in [0.2, 0.25) is 0 Å². The molecule has 1 aliphatic rings. The summed E-state index contributed by atoms with van der Waals surface area (Å²) in [6.45, 7) is 5.84. The predicted octanol–water partition coefficient (Wildman–Crippen LogP) is 2.05. The van der Waals surface area contributed by atoms with Gasteiger partial charge in [0.2, 0.25) is 5.95 Å². The van der Waals surface area contributed by atoms with Crippen molar-refractivity contribution in [3.05, 3.63) is 42.5 Å². The second-order valence-electron chi connectivity index (χ2n) is 6.04. The van der Waals surface area contributed by atoms with Gasteiger partial charge in [0.1, 0.15) is 5.69 Å². The molecule has 0 aromatic carbocycles. The van der Waals surface area contributed by atoms with Crippen LogP contribution in [0.4, 0.5) is 11.6 Å². The highest BCUT2D eigenvalue weighted by atomic mass is 16.2. The van der Waals surface area contributed by atoms with Gasteiger partial charge in [0.05, 0.1) is 11.9 Å². The maximum absolute atomic E-state index is 12.6. The van der Waals surface area contributed by atoms with E-state index < -0.39 is 0 Å². The molecule has 0 saturated carbocycles. The zero-order valence-corrected chi connectivity index (χ0v) is 14.6. The molecular weight excluding hydrogens is 316 g/mol. The molecule has 1 amide bonds. The van der Waals surface area contributed by atoms with Crippen LogP contribution in [0, 0.1) is 0 Å². The molecule has 1 saturated heterocycles. The Morgan fingerprint density at radius 2 is 1.88 bits per heavy atom. The molecule has 1 aliphatic heterocycles.